The van der Waals surface area contributed by atoms with Crippen molar-refractivity contribution in [2.75, 3.05) is 0 Å². The van der Waals surface area contributed by atoms with Crippen LogP contribution >= 0.6 is 0 Å². The van der Waals surface area contributed by atoms with Gasteiger partial charge in [-0.25, -0.2) is 0 Å². The minimum atomic E-state index is -1.05. The first-order chi connectivity index (χ1) is 8.01. The lowest BCUT2D eigenvalue weighted by Gasteiger charge is -2.28. The number of rotatable bonds is 2. The molecule has 18 heavy (non-hydrogen) atoms. The van der Waals surface area contributed by atoms with Crippen molar-refractivity contribution >= 4 is 14.5 Å². The molecule has 1 nitrogen and oxygen atoms in total. The summed E-state index contributed by atoms with van der Waals surface area (Å²) >= 11 is -1.05. The molecule has 100 valence electrons. The molecule has 1 aromatic carbocycles. The van der Waals surface area contributed by atoms with Crippen LogP contribution in [0, 0.1) is 0 Å². The van der Waals surface area contributed by atoms with E-state index in [9.17, 15) is 0 Å². The Hall–Kier alpha value is -0.448. The number of hydrogen-bond acceptors (Lipinski definition) is 1. The van der Waals surface area contributed by atoms with E-state index in [1.165, 1.54) is 11.1 Å². The first kappa shape index (κ1) is 15.6. The Morgan fingerprint density at radius 1 is 0.889 bits per heavy atom. The van der Waals surface area contributed by atoms with Gasteiger partial charge in [-0.05, 0) is 28.0 Å². The SMILES string of the molecule is [CH3][Al]([CH3])[O]c1ccc(C(C)(C)C)cc1C(C)(C)C. The number of benzene rings is 1. The van der Waals surface area contributed by atoms with Crippen LogP contribution in [0.2, 0.25) is 11.6 Å². The van der Waals surface area contributed by atoms with Crippen LogP contribution < -0.4 is 3.79 Å². The molecule has 2 heteroatoms. The van der Waals surface area contributed by atoms with Crippen molar-refractivity contribution in [1.82, 2.24) is 0 Å². The van der Waals surface area contributed by atoms with E-state index in [1.807, 2.05) is 0 Å². The summed E-state index contributed by atoms with van der Waals surface area (Å²) in [6.45, 7) is 13.5. The van der Waals surface area contributed by atoms with E-state index >= 15 is 0 Å². The second-order valence-electron chi connectivity index (χ2n) is 7.38. The van der Waals surface area contributed by atoms with E-state index in [0.29, 0.717) is 0 Å². The van der Waals surface area contributed by atoms with Crippen molar-refractivity contribution in [2.24, 2.45) is 0 Å². The normalized spacial score (nSPS) is 12.4. The maximum Gasteiger partial charge on any atom is 0.540 e. The zero-order valence-electron chi connectivity index (χ0n) is 13.2. The van der Waals surface area contributed by atoms with E-state index < -0.39 is 14.5 Å². The topological polar surface area (TPSA) is 9.23 Å². The highest BCUT2D eigenvalue weighted by Gasteiger charge is 2.23. The Morgan fingerprint density at radius 3 is 1.83 bits per heavy atom. The standard InChI is InChI=1S/C14H22O.2CH3.Al/c1-13(2,3)10-7-8-12(15)11(9-10)14(4,5)6;;;/h7-9,15H,1-6H3;2*1H3;/q;;;+1/p-1. The van der Waals surface area contributed by atoms with Gasteiger partial charge in [0.25, 0.3) is 0 Å². The highest BCUT2D eigenvalue weighted by Crippen LogP contribution is 2.35. The van der Waals surface area contributed by atoms with Gasteiger partial charge in [0.15, 0.2) is 0 Å². The molecule has 0 aromatic heterocycles. The summed E-state index contributed by atoms with van der Waals surface area (Å²) in [5.74, 6) is 5.51. The smallest absolute Gasteiger partial charge is 0.540 e. The summed E-state index contributed by atoms with van der Waals surface area (Å²) in [5.41, 5.74) is 3.02. The Bertz CT molecular complexity index is 408. The van der Waals surface area contributed by atoms with Crippen LogP contribution in [0.1, 0.15) is 52.7 Å². The highest BCUT2D eigenvalue weighted by molar-refractivity contribution is 6.49. The molecular formula is C16H27AlO. The van der Waals surface area contributed by atoms with Crippen molar-refractivity contribution in [3.8, 4) is 5.75 Å². The fourth-order valence-corrected chi connectivity index (χ4v) is 2.65. The third kappa shape index (κ3) is 4.04. The molecular weight excluding hydrogens is 235 g/mol. The molecule has 0 amide bonds. The molecule has 1 aromatic rings. The molecule has 1 rings (SSSR count). The lowest BCUT2D eigenvalue weighted by atomic mass is 9.80. The molecule has 0 N–H and O–H groups in total. The second kappa shape index (κ2) is 5.27. The van der Waals surface area contributed by atoms with Crippen LogP contribution in [-0.4, -0.2) is 14.5 Å². The molecule has 0 saturated heterocycles. The van der Waals surface area contributed by atoms with Gasteiger partial charge in [-0.2, -0.15) is 0 Å². The molecule has 0 saturated carbocycles. The largest absolute Gasteiger partial charge is 0.643 e. The van der Waals surface area contributed by atoms with Crippen molar-refractivity contribution in [3.05, 3.63) is 29.3 Å². The molecule has 0 heterocycles. The van der Waals surface area contributed by atoms with Crippen LogP contribution in [0.4, 0.5) is 0 Å². The Balaban J connectivity index is 3.30. The molecule has 0 aliphatic rings. The van der Waals surface area contributed by atoms with Crippen LogP contribution in [0.15, 0.2) is 18.2 Å². The van der Waals surface area contributed by atoms with Crippen LogP contribution in [0.25, 0.3) is 0 Å². The van der Waals surface area contributed by atoms with Gasteiger partial charge < -0.3 is 3.79 Å². The van der Waals surface area contributed by atoms with E-state index in [-0.39, 0.29) is 10.8 Å². The lowest BCUT2D eigenvalue weighted by Crippen LogP contribution is -2.20. The zero-order chi connectivity index (χ0) is 14.1. The van der Waals surface area contributed by atoms with Crippen LogP contribution in [0.5, 0.6) is 5.75 Å². The van der Waals surface area contributed by atoms with Gasteiger partial charge in [0.2, 0.25) is 0 Å². The summed E-state index contributed by atoms with van der Waals surface area (Å²) in [7, 11) is 0. The van der Waals surface area contributed by atoms with Crippen molar-refractivity contribution in [2.45, 2.75) is 63.9 Å². The van der Waals surface area contributed by atoms with Crippen LogP contribution in [-0.2, 0) is 10.8 Å². The Kier molecular flexibility index (Phi) is 4.57. The summed E-state index contributed by atoms with van der Waals surface area (Å²) in [6, 6.07) is 6.70. The fraction of sp³-hybridized carbons (Fsp3) is 0.625. The molecule has 0 aliphatic carbocycles. The second-order valence-corrected chi connectivity index (χ2v) is 9.71. The monoisotopic (exact) mass is 262 g/mol. The molecule has 0 spiro atoms. The van der Waals surface area contributed by atoms with E-state index in [4.69, 9.17) is 3.79 Å². The van der Waals surface area contributed by atoms with Crippen molar-refractivity contribution in [1.29, 1.82) is 0 Å². The molecule has 0 aliphatic heterocycles. The summed E-state index contributed by atoms with van der Waals surface area (Å²) in [5, 5.41) is 0. The highest BCUT2D eigenvalue weighted by atomic mass is 27.2. The number of hydrogen-bond donors (Lipinski definition) is 0. The van der Waals surface area contributed by atoms with Crippen molar-refractivity contribution < 1.29 is 3.79 Å². The predicted octanol–water partition coefficient (Wildman–Crippen LogP) is 4.91. The molecule has 0 unspecified atom stereocenters. The molecule has 0 fully saturated rings. The molecule has 0 bridgehead atoms. The first-order valence-electron chi connectivity index (χ1n) is 6.83. The molecule has 0 radical (unpaired) electrons. The van der Waals surface area contributed by atoms with Gasteiger partial charge in [-0.15, -0.1) is 0 Å². The summed E-state index contributed by atoms with van der Waals surface area (Å²) in [4.78, 5) is 0. The fourth-order valence-electron chi connectivity index (χ4n) is 1.94. The average Bonchev–Trinajstić information content (AvgIpc) is 2.13. The minimum Gasteiger partial charge on any atom is -0.643 e. The van der Waals surface area contributed by atoms with E-state index in [2.05, 4.69) is 71.3 Å². The third-order valence-corrected chi connectivity index (χ3v) is 3.74. The van der Waals surface area contributed by atoms with Crippen molar-refractivity contribution in [3.63, 3.8) is 0 Å². The van der Waals surface area contributed by atoms with E-state index in [1.54, 1.807) is 0 Å². The molecule has 0 atom stereocenters. The van der Waals surface area contributed by atoms with Crippen LogP contribution in [0.3, 0.4) is 0 Å². The predicted molar refractivity (Wildman–Crippen MR) is 82.0 cm³/mol. The third-order valence-electron chi connectivity index (χ3n) is 3.02. The first-order valence-corrected chi connectivity index (χ1v) is 9.61. The maximum atomic E-state index is 6.08. The maximum absolute atomic E-state index is 6.08. The minimum absolute atomic E-state index is 0.125. The van der Waals surface area contributed by atoms with Gasteiger partial charge in [0, 0.05) is 0 Å². The summed E-state index contributed by atoms with van der Waals surface area (Å²) < 4.78 is 6.08. The Labute approximate surface area is 117 Å². The van der Waals surface area contributed by atoms with E-state index in [0.717, 1.165) is 5.75 Å². The quantitative estimate of drug-likeness (QED) is 0.688. The van der Waals surface area contributed by atoms with Gasteiger partial charge in [-0.1, -0.05) is 65.2 Å². The summed E-state index contributed by atoms with van der Waals surface area (Å²) in [6.07, 6.45) is 0. The van der Waals surface area contributed by atoms with Gasteiger partial charge in [-0.3, -0.25) is 0 Å². The Morgan fingerprint density at radius 2 is 1.44 bits per heavy atom. The zero-order valence-corrected chi connectivity index (χ0v) is 14.4. The lowest BCUT2D eigenvalue weighted by molar-refractivity contribution is 0.514. The van der Waals surface area contributed by atoms with Gasteiger partial charge >= 0.3 is 14.5 Å². The van der Waals surface area contributed by atoms with Gasteiger partial charge in [0.05, 0.1) is 5.75 Å². The van der Waals surface area contributed by atoms with Gasteiger partial charge in [0.1, 0.15) is 0 Å². The average molecular weight is 262 g/mol.